The molecule has 1 aromatic rings. The molecule has 1 aromatic carbocycles. The molecule has 4 nitrogen and oxygen atoms in total. The van der Waals surface area contributed by atoms with Gasteiger partial charge >= 0.3 is 5.97 Å². The van der Waals surface area contributed by atoms with E-state index in [0.717, 1.165) is 31.2 Å². The van der Waals surface area contributed by atoms with Gasteiger partial charge in [0.2, 0.25) is 0 Å². The molecule has 4 atom stereocenters. The highest BCUT2D eigenvalue weighted by Gasteiger charge is 2.60. The van der Waals surface area contributed by atoms with Gasteiger partial charge in [-0.3, -0.25) is 9.59 Å². The number of amides is 1. The zero-order valence-electron chi connectivity index (χ0n) is 15.3. The Hall–Kier alpha value is -1.26. The van der Waals surface area contributed by atoms with Crippen LogP contribution in [0, 0.1) is 17.3 Å². The molecule has 1 N–H and O–H groups in total. The van der Waals surface area contributed by atoms with Crippen molar-refractivity contribution in [2.45, 2.75) is 49.8 Å². The molecule has 2 unspecified atom stereocenters. The summed E-state index contributed by atoms with van der Waals surface area (Å²) in [5.74, 6) is 0.575. The van der Waals surface area contributed by atoms with E-state index in [2.05, 4.69) is 5.32 Å². The van der Waals surface area contributed by atoms with E-state index in [9.17, 15) is 9.59 Å². The summed E-state index contributed by atoms with van der Waals surface area (Å²) in [6.45, 7) is 0.282. The highest BCUT2D eigenvalue weighted by atomic mass is 35.5. The lowest BCUT2D eigenvalue weighted by Crippen LogP contribution is -2.56. The summed E-state index contributed by atoms with van der Waals surface area (Å²) in [6, 6.07) is 7.53. The van der Waals surface area contributed by atoms with E-state index >= 15 is 0 Å². The number of nitrogens with one attached hydrogen (secondary N) is 1. The van der Waals surface area contributed by atoms with Gasteiger partial charge in [-0.2, -0.15) is 0 Å². The average molecular weight is 410 g/mol. The fraction of sp³-hybridized carbons (Fsp3) is 0.619. The van der Waals surface area contributed by atoms with E-state index in [4.69, 9.17) is 27.9 Å². The fourth-order valence-electron chi connectivity index (χ4n) is 5.72. The molecular formula is C21H25Cl2NO3. The van der Waals surface area contributed by atoms with Crippen molar-refractivity contribution in [2.24, 2.45) is 17.3 Å². The number of hydrogen-bond donors (Lipinski definition) is 1. The first-order valence-electron chi connectivity index (χ1n) is 9.73. The van der Waals surface area contributed by atoms with Crippen LogP contribution in [0.2, 0.25) is 5.02 Å². The Balaban J connectivity index is 1.24. The monoisotopic (exact) mass is 409 g/mol. The molecule has 1 amide bonds. The molecule has 4 aliphatic carbocycles. The van der Waals surface area contributed by atoms with E-state index in [1.54, 1.807) is 0 Å². The van der Waals surface area contributed by atoms with Crippen molar-refractivity contribution in [1.29, 1.82) is 0 Å². The summed E-state index contributed by atoms with van der Waals surface area (Å²) in [5, 5.41) is 3.50. The van der Waals surface area contributed by atoms with E-state index in [1.165, 1.54) is 6.42 Å². The van der Waals surface area contributed by atoms with Crippen LogP contribution in [-0.2, 0) is 20.7 Å². The third-order valence-electron chi connectivity index (χ3n) is 6.41. The van der Waals surface area contributed by atoms with E-state index in [1.807, 2.05) is 24.3 Å². The quantitative estimate of drug-likeness (QED) is 0.567. The molecule has 0 radical (unpaired) electrons. The van der Waals surface area contributed by atoms with Gasteiger partial charge in [-0.25, -0.2) is 0 Å². The Morgan fingerprint density at radius 1 is 1.11 bits per heavy atom. The molecule has 27 heavy (non-hydrogen) atoms. The molecule has 5 rings (SSSR count). The van der Waals surface area contributed by atoms with Gasteiger partial charge < -0.3 is 10.1 Å². The van der Waals surface area contributed by atoms with Gasteiger partial charge in [-0.15, -0.1) is 11.6 Å². The predicted molar refractivity (Wildman–Crippen MR) is 105 cm³/mol. The first-order chi connectivity index (χ1) is 12.9. The molecule has 0 heterocycles. The third kappa shape index (κ3) is 4.12. The van der Waals surface area contributed by atoms with Gasteiger partial charge in [-0.1, -0.05) is 23.7 Å². The second-order valence-electron chi connectivity index (χ2n) is 8.69. The SMILES string of the molecule is O=C(COC(=O)C12C[C@@H]3C[C@@H](CC(Cl)(C3)C1)C2)NCCc1ccc(Cl)cc1. The first kappa shape index (κ1) is 19.1. The van der Waals surface area contributed by atoms with Crippen molar-refractivity contribution in [2.75, 3.05) is 13.2 Å². The normalized spacial score (nSPS) is 33.7. The topological polar surface area (TPSA) is 55.4 Å². The van der Waals surface area contributed by atoms with Crippen LogP contribution >= 0.6 is 23.2 Å². The van der Waals surface area contributed by atoms with Crippen LogP contribution in [0.3, 0.4) is 0 Å². The second-order valence-corrected chi connectivity index (χ2v) is 9.93. The number of carbonyl (C=O) groups excluding carboxylic acids is 2. The molecule has 4 fully saturated rings. The van der Waals surface area contributed by atoms with Crippen LogP contribution in [0.4, 0.5) is 0 Å². The standard InChI is InChI=1S/C21H25Cl2NO3/c22-17-3-1-14(2-4-17)5-6-24-18(25)12-27-19(26)20-8-15-7-16(9-20)11-21(23,10-15)13-20/h1-4,15-16H,5-13H2,(H,24,25)/t15-,16+,20?,21?. The Labute approximate surface area is 169 Å². The Morgan fingerprint density at radius 2 is 1.78 bits per heavy atom. The lowest BCUT2D eigenvalue weighted by Gasteiger charge is -2.58. The minimum atomic E-state index is -0.463. The molecule has 0 aliphatic heterocycles. The van der Waals surface area contributed by atoms with E-state index < -0.39 is 5.41 Å². The largest absolute Gasteiger partial charge is 0.455 e. The molecule has 4 saturated carbocycles. The summed E-state index contributed by atoms with van der Waals surface area (Å²) < 4.78 is 5.43. The predicted octanol–water partition coefficient (Wildman–Crippen LogP) is 4.12. The van der Waals surface area contributed by atoms with Crippen LogP contribution in [0.5, 0.6) is 0 Å². The van der Waals surface area contributed by atoms with Crippen molar-refractivity contribution in [3.63, 3.8) is 0 Å². The number of alkyl halides is 1. The van der Waals surface area contributed by atoms with E-state index in [-0.39, 0.29) is 23.4 Å². The zero-order chi connectivity index (χ0) is 19.1. The van der Waals surface area contributed by atoms with Gasteiger partial charge in [0.1, 0.15) is 0 Å². The number of benzene rings is 1. The number of ether oxygens (including phenoxy) is 1. The Bertz CT molecular complexity index is 719. The number of esters is 1. The van der Waals surface area contributed by atoms with Gasteiger partial charge in [0.15, 0.2) is 6.61 Å². The van der Waals surface area contributed by atoms with Crippen molar-refractivity contribution < 1.29 is 14.3 Å². The smallest absolute Gasteiger partial charge is 0.312 e. The number of hydrogen-bond acceptors (Lipinski definition) is 3. The van der Waals surface area contributed by atoms with Crippen molar-refractivity contribution in [3.05, 3.63) is 34.9 Å². The number of carbonyl (C=O) groups is 2. The van der Waals surface area contributed by atoms with Crippen LogP contribution in [0.1, 0.15) is 44.1 Å². The zero-order valence-corrected chi connectivity index (χ0v) is 16.8. The van der Waals surface area contributed by atoms with Crippen LogP contribution in [-0.4, -0.2) is 29.9 Å². The summed E-state index contributed by atoms with van der Waals surface area (Å²) in [7, 11) is 0. The first-order valence-corrected chi connectivity index (χ1v) is 10.5. The number of rotatable bonds is 6. The molecular weight excluding hydrogens is 385 g/mol. The fourth-order valence-corrected chi connectivity index (χ4v) is 6.54. The Kier molecular flexibility index (Phi) is 5.15. The highest BCUT2D eigenvalue weighted by Crippen LogP contribution is 2.64. The van der Waals surface area contributed by atoms with Crippen LogP contribution in [0.15, 0.2) is 24.3 Å². The maximum Gasteiger partial charge on any atom is 0.312 e. The molecule has 6 heteroatoms. The second kappa shape index (κ2) is 7.29. The highest BCUT2D eigenvalue weighted by molar-refractivity contribution is 6.30. The Morgan fingerprint density at radius 3 is 2.41 bits per heavy atom. The minimum absolute atomic E-state index is 0.216. The maximum absolute atomic E-state index is 12.8. The summed E-state index contributed by atoms with van der Waals surface area (Å²) in [6.07, 6.45) is 6.37. The lowest BCUT2D eigenvalue weighted by molar-refractivity contribution is -0.171. The van der Waals surface area contributed by atoms with Crippen LogP contribution in [0.25, 0.3) is 0 Å². The number of halogens is 2. The van der Waals surface area contributed by atoms with Gasteiger partial charge in [0, 0.05) is 16.4 Å². The third-order valence-corrected chi connectivity index (χ3v) is 7.10. The molecule has 146 valence electrons. The summed E-state index contributed by atoms with van der Waals surface area (Å²) in [4.78, 5) is 24.6. The summed E-state index contributed by atoms with van der Waals surface area (Å²) >= 11 is 12.6. The van der Waals surface area contributed by atoms with Crippen molar-refractivity contribution >= 4 is 35.1 Å². The van der Waals surface area contributed by atoms with Gasteiger partial charge in [-0.05, 0) is 74.5 Å². The van der Waals surface area contributed by atoms with E-state index in [0.29, 0.717) is 36.2 Å². The average Bonchev–Trinajstić information content (AvgIpc) is 2.59. The molecule has 4 aliphatic rings. The molecule has 0 aromatic heterocycles. The van der Waals surface area contributed by atoms with Gasteiger partial charge in [0.05, 0.1) is 5.41 Å². The maximum atomic E-state index is 12.8. The minimum Gasteiger partial charge on any atom is -0.455 e. The molecule has 0 spiro atoms. The van der Waals surface area contributed by atoms with Crippen LogP contribution < -0.4 is 5.32 Å². The molecule has 0 saturated heterocycles. The van der Waals surface area contributed by atoms with Gasteiger partial charge in [0.25, 0.3) is 5.91 Å². The van der Waals surface area contributed by atoms with Crippen molar-refractivity contribution in [1.82, 2.24) is 5.32 Å². The molecule has 4 bridgehead atoms. The van der Waals surface area contributed by atoms with Crippen molar-refractivity contribution in [3.8, 4) is 0 Å². The summed E-state index contributed by atoms with van der Waals surface area (Å²) in [5.41, 5.74) is 0.632. The lowest BCUT2D eigenvalue weighted by atomic mass is 9.49.